The second-order valence-corrected chi connectivity index (χ2v) is 8.57. The molecule has 0 saturated heterocycles. The van der Waals surface area contributed by atoms with E-state index in [0.717, 1.165) is 0 Å². The average Bonchev–Trinajstić information content (AvgIpc) is 2.68. The third kappa shape index (κ3) is 5.62. The van der Waals surface area contributed by atoms with Gasteiger partial charge in [0.2, 0.25) is 10.0 Å². The van der Waals surface area contributed by atoms with Gasteiger partial charge in [-0.15, -0.1) is 0 Å². The minimum Gasteiger partial charge on any atom is -0.495 e. The number of benzene rings is 2. The second kappa shape index (κ2) is 9.96. The molecule has 0 saturated carbocycles. The molecule has 0 aliphatic heterocycles. The second-order valence-electron chi connectivity index (χ2n) is 6.20. The molecule has 1 amide bonds. The van der Waals surface area contributed by atoms with E-state index < -0.39 is 15.9 Å². The first-order valence-electron chi connectivity index (χ1n) is 9.09. The maximum atomic E-state index is 12.6. The van der Waals surface area contributed by atoms with E-state index in [4.69, 9.17) is 21.1 Å². The molecule has 0 heterocycles. The summed E-state index contributed by atoms with van der Waals surface area (Å²) in [6.07, 6.45) is 0. The summed E-state index contributed by atoms with van der Waals surface area (Å²) in [5, 5.41) is 3.14. The number of carbonyl (C=O) groups excluding carboxylic acids is 1. The highest BCUT2D eigenvalue weighted by molar-refractivity contribution is 7.89. The van der Waals surface area contributed by atoms with Gasteiger partial charge < -0.3 is 14.8 Å². The molecule has 7 nitrogen and oxygen atoms in total. The molecule has 0 aliphatic rings. The summed E-state index contributed by atoms with van der Waals surface area (Å²) in [6.45, 7) is 5.84. The number of hydrogen-bond acceptors (Lipinski definition) is 5. The van der Waals surface area contributed by atoms with Crippen LogP contribution in [0.5, 0.6) is 11.5 Å². The minimum absolute atomic E-state index is 0.194. The van der Waals surface area contributed by atoms with E-state index in [1.165, 1.54) is 17.5 Å². The SMILES string of the molecule is CCN(CC)S(=O)(=O)c1ccc(OCC(=O)Nc2cc(Cl)ccc2OC)c(C)c1. The summed E-state index contributed by atoms with van der Waals surface area (Å²) in [7, 11) is -2.06. The predicted octanol–water partition coefficient (Wildman–Crippen LogP) is 3.71. The van der Waals surface area contributed by atoms with Crippen molar-refractivity contribution in [1.82, 2.24) is 4.31 Å². The molecule has 0 spiro atoms. The Morgan fingerprint density at radius 2 is 1.76 bits per heavy atom. The Hall–Kier alpha value is -2.29. The number of amides is 1. The lowest BCUT2D eigenvalue weighted by Crippen LogP contribution is -2.30. The van der Waals surface area contributed by atoms with Crippen LogP contribution in [0.4, 0.5) is 5.69 Å². The number of nitrogens with zero attached hydrogens (tertiary/aromatic N) is 1. The third-order valence-corrected chi connectivity index (χ3v) is 6.56. The molecular formula is C20H25ClN2O5S. The largest absolute Gasteiger partial charge is 0.495 e. The van der Waals surface area contributed by atoms with Gasteiger partial charge >= 0.3 is 0 Å². The standard InChI is InChI=1S/C20H25ClN2O5S/c1-5-23(6-2)29(25,26)16-8-10-18(14(3)11-16)28-13-20(24)22-17-12-15(21)7-9-19(17)27-4/h7-12H,5-6,13H2,1-4H3,(H,22,24). The van der Waals surface area contributed by atoms with Crippen LogP contribution < -0.4 is 14.8 Å². The number of anilines is 1. The normalized spacial score (nSPS) is 11.4. The molecule has 29 heavy (non-hydrogen) atoms. The fourth-order valence-electron chi connectivity index (χ4n) is 2.76. The molecule has 0 radical (unpaired) electrons. The summed E-state index contributed by atoms with van der Waals surface area (Å²) in [5.41, 5.74) is 1.05. The van der Waals surface area contributed by atoms with Crippen molar-refractivity contribution in [3.05, 3.63) is 47.0 Å². The number of carbonyl (C=O) groups is 1. The van der Waals surface area contributed by atoms with Crippen molar-refractivity contribution >= 4 is 33.2 Å². The average molecular weight is 441 g/mol. The third-order valence-electron chi connectivity index (χ3n) is 4.28. The minimum atomic E-state index is -3.55. The fraction of sp³-hybridized carbons (Fsp3) is 0.350. The van der Waals surface area contributed by atoms with Crippen molar-refractivity contribution in [1.29, 1.82) is 0 Å². The summed E-state index contributed by atoms with van der Waals surface area (Å²) < 4.78 is 37.4. The first-order chi connectivity index (χ1) is 13.7. The van der Waals surface area contributed by atoms with E-state index in [0.29, 0.717) is 40.9 Å². The van der Waals surface area contributed by atoms with Crippen LogP contribution in [0.25, 0.3) is 0 Å². The molecule has 2 aromatic carbocycles. The summed E-state index contributed by atoms with van der Waals surface area (Å²) in [6, 6.07) is 9.46. The van der Waals surface area contributed by atoms with Crippen LogP contribution in [-0.4, -0.2) is 45.4 Å². The highest BCUT2D eigenvalue weighted by atomic mass is 35.5. The molecule has 2 rings (SSSR count). The molecule has 0 fully saturated rings. The smallest absolute Gasteiger partial charge is 0.262 e. The Balaban J connectivity index is 2.08. The number of sulfonamides is 1. The van der Waals surface area contributed by atoms with Gasteiger partial charge in [-0.25, -0.2) is 8.42 Å². The van der Waals surface area contributed by atoms with E-state index in [9.17, 15) is 13.2 Å². The number of ether oxygens (including phenoxy) is 2. The number of hydrogen-bond donors (Lipinski definition) is 1. The van der Waals surface area contributed by atoms with Gasteiger partial charge in [-0.05, 0) is 48.9 Å². The fourth-order valence-corrected chi connectivity index (χ4v) is 4.48. The van der Waals surface area contributed by atoms with Crippen LogP contribution in [0.1, 0.15) is 19.4 Å². The summed E-state index contributed by atoms with van der Waals surface area (Å²) in [4.78, 5) is 12.4. The Morgan fingerprint density at radius 3 is 2.34 bits per heavy atom. The van der Waals surface area contributed by atoms with Gasteiger partial charge in [0.1, 0.15) is 11.5 Å². The van der Waals surface area contributed by atoms with Crippen molar-refractivity contribution < 1.29 is 22.7 Å². The van der Waals surface area contributed by atoms with E-state index in [2.05, 4.69) is 5.32 Å². The first-order valence-corrected chi connectivity index (χ1v) is 10.9. The topological polar surface area (TPSA) is 84.9 Å². The number of halogens is 1. The zero-order valence-electron chi connectivity index (χ0n) is 16.9. The quantitative estimate of drug-likeness (QED) is 0.642. The molecule has 2 aromatic rings. The Morgan fingerprint density at radius 1 is 1.10 bits per heavy atom. The van der Waals surface area contributed by atoms with Gasteiger partial charge in [-0.1, -0.05) is 25.4 Å². The molecule has 1 N–H and O–H groups in total. The number of aryl methyl sites for hydroxylation is 1. The number of nitrogens with one attached hydrogen (secondary N) is 1. The predicted molar refractivity (Wildman–Crippen MR) is 113 cm³/mol. The van der Waals surface area contributed by atoms with Gasteiger partial charge in [0.25, 0.3) is 5.91 Å². The maximum absolute atomic E-state index is 12.6. The van der Waals surface area contributed by atoms with Gasteiger partial charge in [-0.3, -0.25) is 4.79 Å². The van der Waals surface area contributed by atoms with E-state index in [1.807, 2.05) is 0 Å². The van der Waals surface area contributed by atoms with Gasteiger partial charge in [0, 0.05) is 18.1 Å². The molecule has 9 heteroatoms. The molecule has 0 bridgehead atoms. The van der Waals surface area contributed by atoms with Crippen LogP contribution in [0.2, 0.25) is 5.02 Å². The zero-order chi connectivity index (χ0) is 21.6. The number of rotatable bonds is 9. The van der Waals surface area contributed by atoms with Gasteiger partial charge in [-0.2, -0.15) is 4.31 Å². The maximum Gasteiger partial charge on any atom is 0.262 e. The van der Waals surface area contributed by atoms with Crippen molar-refractivity contribution in [2.45, 2.75) is 25.7 Å². The van der Waals surface area contributed by atoms with Crippen LogP contribution in [0.3, 0.4) is 0 Å². The zero-order valence-corrected chi connectivity index (χ0v) is 18.4. The van der Waals surface area contributed by atoms with E-state index >= 15 is 0 Å². The lowest BCUT2D eigenvalue weighted by molar-refractivity contribution is -0.118. The first kappa shape index (κ1) is 23.0. The molecule has 0 unspecified atom stereocenters. The van der Waals surface area contributed by atoms with Crippen LogP contribution in [0.15, 0.2) is 41.3 Å². The Kier molecular flexibility index (Phi) is 7.89. The van der Waals surface area contributed by atoms with Crippen molar-refractivity contribution in [2.75, 3.05) is 32.1 Å². The van der Waals surface area contributed by atoms with Crippen molar-refractivity contribution in [3.63, 3.8) is 0 Å². The number of methoxy groups -OCH3 is 1. The summed E-state index contributed by atoms with van der Waals surface area (Å²) >= 11 is 5.96. The molecule has 0 atom stereocenters. The van der Waals surface area contributed by atoms with Gasteiger partial charge in [0.15, 0.2) is 6.61 Å². The van der Waals surface area contributed by atoms with Crippen LogP contribution >= 0.6 is 11.6 Å². The molecule has 0 aromatic heterocycles. The Labute approximate surface area is 176 Å². The summed E-state index contributed by atoms with van der Waals surface area (Å²) in [5.74, 6) is 0.506. The van der Waals surface area contributed by atoms with E-state index in [1.54, 1.807) is 51.1 Å². The lowest BCUT2D eigenvalue weighted by Gasteiger charge is -2.19. The highest BCUT2D eigenvalue weighted by Gasteiger charge is 2.22. The molecule has 0 aliphatic carbocycles. The van der Waals surface area contributed by atoms with Crippen molar-refractivity contribution in [3.8, 4) is 11.5 Å². The van der Waals surface area contributed by atoms with Crippen LogP contribution in [0, 0.1) is 6.92 Å². The molecule has 158 valence electrons. The lowest BCUT2D eigenvalue weighted by atomic mass is 10.2. The Bertz CT molecular complexity index is 975. The van der Waals surface area contributed by atoms with Crippen LogP contribution in [-0.2, 0) is 14.8 Å². The van der Waals surface area contributed by atoms with E-state index in [-0.39, 0.29) is 11.5 Å². The monoisotopic (exact) mass is 440 g/mol. The molecular weight excluding hydrogens is 416 g/mol. The highest BCUT2D eigenvalue weighted by Crippen LogP contribution is 2.28. The van der Waals surface area contributed by atoms with Crippen molar-refractivity contribution in [2.24, 2.45) is 0 Å². The van der Waals surface area contributed by atoms with Gasteiger partial charge in [0.05, 0.1) is 17.7 Å².